The van der Waals surface area contributed by atoms with Gasteiger partial charge in [-0.3, -0.25) is 14.7 Å². The number of hydrogen-bond acceptors (Lipinski definition) is 4. The molecular formula is C19H23N5O2. The lowest BCUT2D eigenvalue weighted by atomic mass is 9.92. The lowest BCUT2D eigenvalue weighted by molar-refractivity contribution is -0.136. The van der Waals surface area contributed by atoms with E-state index in [1.165, 1.54) is 0 Å². The average molecular weight is 353 g/mol. The Balaban J connectivity index is 1.37. The second kappa shape index (κ2) is 6.82. The molecule has 2 aliphatic heterocycles. The van der Waals surface area contributed by atoms with Crippen molar-refractivity contribution < 1.29 is 9.59 Å². The number of H-pyrrole nitrogens is 1. The maximum atomic E-state index is 12.9. The van der Waals surface area contributed by atoms with Gasteiger partial charge in [0, 0.05) is 37.7 Å². The molecule has 4 rings (SSSR count). The van der Waals surface area contributed by atoms with Crippen LogP contribution in [0.4, 0.5) is 11.4 Å². The number of nitrogens with two attached hydrogens (primary N) is 1. The van der Waals surface area contributed by atoms with Crippen molar-refractivity contribution in [2.75, 3.05) is 30.3 Å². The molecule has 1 aromatic carbocycles. The molecule has 7 heteroatoms. The summed E-state index contributed by atoms with van der Waals surface area (Å²) in [6.07, 6.45) is 3.65. The van der Waals surface area contributed by atoms with Gasteiger partial charge in [0.1, 0.15) is 0 Å². The number of nitrogen functional groups attached to an aromatic ring is 1. The van der Waals surface area contributed by atoms with E-state index < -0.39 is 0 Å². The van der Waals surface area contributed by atoms with E-state index in [4.69, 9.17) is 5.73 Å². The number of carbonyl (C=O) groups is 2. The molecule has 136 valence electrons. The molecule has 7 nitrogen and oxygen atoms in total. The number of aromatic amines is 1. The maximum Gasteiger partial charge on any atom is 0.228 e. The molecule has 0 radical (unpaired) electrons. The van der Waals surface area contributed by atoms with Gasteiger partial charge in [0.05, 0.1) is 23.5 Å². The molecule has 0 saturated carbocycles. The van der Waals surface area contributed by atoms with E-state index in [-0.39, 0.29) is 17.7 Å². The van der Waals surface area contributed by atoms with Gasteiger partial charge >= 0.3 is 0 Å². The molecule has 2 fully saturated rings. The number of likely N-dealkylation sites (tertiary alicyclic amines) is 1. The summed E-state index contributed by atoms with van der Waals surface area (Å²) in [4.78, 5) is 28.9. The highest BCUT2D eigenvalue weighted by molar-refractivity contribution is 6.00. The third-order valence-corrected chi connectivity index (χ3v) is 5.46. The van der Waals surface area contributed by atoms with Gasteiger partial charge in [-0.1, -0.05) is 18.2 Å². The molecule has 26 heavy (non-hydrogen) atoms. The van der Waals surface area contributed by atoms with Crippen LogP contribution < -0.4 is 10.6 Å². The zero-order chi connectivity index (χ0) is 18.1. The quantitative estimate of drug-likeness (QED) is 0.879. The molecule has 2 saturated heterocycles. The van der Waals surface area contributed by atoms with E-state index in [1.807, 2.05) is 35.2 Å². The van der Waals surface area contributed by atoms with Gasteiger partial charge in [0.15, 0.2) is 0 Å². The van der Waals surface area contributed by atoms with Gasteiger partial charge in [0.2, 0.25) is 11.8 Å². The monoisotopic (exact) mass is 353 g/mol. The van der Waals surface area contributed by atoms with Gasteiger partial charge < -0.3 is 15.5 Å². The van der Waals surface area contributed by atoms with Gasteiger partial charge in [-0.25, -0.2) is 0 Å². The summed E-state index contributed by atoms with van der Waals surface area (Å²) in [5, 5.41) is 6.96. The Morgan fingerprint density at radius 3 is 2.58 bits per heavy atom. The number of anilines is 2. The molecule has 2 amide bonds. The van der Waals surface area contributed by atoms with Gasteiger partial charge in [-0.2, -0.15) is 5.10 Å². The summed E-state index contributed by atoms with van der Waals surface area (Å²) in [5.41, 5.74) is 8.46. The molecule has 1 unspecified atom stereocenters. The molecule has 2 aromatic rings. The maximum absolute atomic E-state index is 12.9. The van der Waals surface area contributed by atoms with Crippen LogP contribution in [0.15, 0.2) is 36.5 Å². The second-order valence-corrected chi connectivity index (χ2v) is 7.08. The molecule has 0 bridgehead atoms. The van der Waals surface area contributed by atoms with Crippen LogP contribution in [0.1, 0.15) is 30.9 Å². The molecule has 1 atom stereocenters. The first-order valence-electron chi connectivity index (χ1n) is 9.06. The molecule has 3 N–H and O–H groups in total. The Morgan fingerprint density at radius 2 is 1.92 bits per heavy atom. The molecular weight excluding hydrogens is 330 g/mol. The standard InChI is InChI=1S/C19H23N5O2/c20-16-11-21-22-18(16)13-6-8-23(9-7-13)19(26)14-10-17(25)24(12-14)15-4-2-1-3-5-15/h1-5,11,13-14H,6-10,12,20H2,(H,21,22). The number of amides is 2. The number of aromatic nitrogens is 2. The van der Waals surface area contributed by atoms with Crippen molar-refractivity contribution in [1.29, 1.82) is 0 Å². The zero-order valence-corrected chi connectivity index (χ0v) is 14.6. The van der Waals surface area contributed by atoms with Crippen LogP contribution in [0.2, 0.25) is 0 Å². The number of carbonyl (C=O) groups excluding carboxylic acids is 2. The van der Waals surface area contributed by atoms with Crippen molar-refractivity contribution >= 4 is 23.2 Å². The Morgan fingerprint density at radius 1 is 1.19 bits per heavy atom. The van der Waals surface area contributed by atoms with Crippen LogP contribution in [0, 0.1) is 5.92 Å². The minimum absolute atomic E-state index is 0.0228. The summed E-state index contributed by atoms with van der Waals surface area (Å²) >= 11 is 0. The van der Waals surface area contributed by atoms with E-state index in [0.29, 0.717) is 37.7 Å². The van der Waals surface area contributed by atoms with Crippen molar-refractivity contribution in [1.82, 2.24) is 15.1 Å². The second-order valence-electron chi connectivity index (χ2n) is 7.08. The van der Waals surface area contributed by atoms with E-state index in [0.717, 1.165) is 24.2 Å². The minimum atomic E-state index is -0.253. The van der Waals surface area contributed by atoms with Crippen LogP contribution in [-0.4, -0.2) is 46.5 Å². The number of benzene rings is 1. The number of nitrogens with one attached hydrogen (secondary N) is 1. The Bertz CT molecular complexity index is 795. The molecule has 0 spiro atoms. The van der Waals surface area contributed by atoms with Crippen LogP contribution in [0.25, 0.3) is 0 Å². The number of nitrogens with zero attached hydrogens (tertiary/aromatic N) is 3. The molecule has 3 heterocycles. The Labute approximate surface area is 152 Å². The normalized spacial score (nSPS) is 21.4. The fourth-order valence-electron chi connectivity index (χ4n) is 4.01. The first kappa shape index (κ1) is 16.6. The third kappa shape index (κ3) is 3.05. The first-order valence-corrected chi connectivity index (χ1v) is 9.06. The highest BCUT2D eigenvalue weighted by Crippen LogP contribution is 2.32. The van der Waals surface area contributed by atoms with Crippen molar-refractivity contribution in [2.45, 2.75) is 25.2 Å². The lowest BCUT2D eigenvalue weighted by Gasteiger charge is -2.33. The molecule has 0 aliphatic carbocycles. The fraction of sp³-hybridized carbons (Fsp3) is 0.421. The Hall–Kier alpha value is -2.83. The van der Waals surface area contributed by atoms with E-state index >= 15 is 0 Å². The minimum Gasteiger partial charge on any atom is -0.396 e. The van der Waals surface area contributed by atoms with Crippen LogP contribution in [0.5, 0.6) is 0 Å². The van der Waals surface area contributed by atoms with Gasteiger partial charge in [0.25, 0.3) is 0 Å². The van der Waals surface area contributed by atoms with Gasteiger partial charge in [-0.15, -0.1) is 0 Å². The van der Waals surface area contributed by atoms with E-state index in [2.05, 4.69) is 10.2 Å². The largest absolute Gasteiger partial charge is 0.396 e. The van der Waals surface area contributed by atoms with Crippen LogP contribution >= 0.6 is 0 Å². The first-order chi connectivity index (χ1) is 12.6. The van der Waals surface area contributed by atoms with Crippen molar-refractivity contribution in [2.24, 2.45) is 5.92 Å². The average Bonchev–Trinajstić information content (AvgIpc) is 3.28. The van der Waals surface area contributed by atoms with Crippen molar-refractivity contribution in [3.05, 3.63) is 42.2 Å². The lowest BCUT2D eigenvalue weighted by Crippen LogP contribution is -2.42. The number of para-hydroxylation sites is 1. The summed E-state index contributed by atoms with van der Waals surface area (Å²) in [6.45, 7) is 1.85. The highest BCUT2D eigenvalue weighted by atomic mass is 16.2. The number of rotatable bonds is 3. The van der Waals surface area contributed by atoms with E-state index in [9.17, 15) is 9.59 Å². The number of hydrogen-bond donors (Lipinski definition) is 2. The SMILES string of the molecule is Nc1cn[nH]c1C1CCN(C(=O)C2CC(=O)N(c3ccccc3)C2)CC1. The predicted molar refractivity (Wildman–Crippen MR) is 98.5 cm³/mol. The summed E-state index contributed by atoms with van der Waals surface area (Å²) in [7, 11) is 0. The van der Waals surface area contributed by atoms with Gasteiger partial charge in [-0.05, 0) is 25.0 Å². The highest BCUT2D eigenvalue weighted by Gasteiger charge is 2.38. The van der Waals surface area contributed by atoms with Crippen LogP contribution in [0.3, 0.4) is 0 Å². The summed E-state index contributed by atoms with van der Waals surface area (Å²) in [6, 6.07) is 9.55. The summed E-state index contributed by atoms with van der Waals surface area (Å²) in [5.74, 6) is 0.173. The molecule has 1 aromatic heterocycles. The third-order valence-electron chi connectivity index (χ3n) is 5.46. The molecule has 2 aliphatic rings. The van der Waals surface area contributed by atoms with Crippen molar-refractivity contribution in [3.63, 3.8) is 0 Å². The smallest absolute Gasteiger partial charge is 0.228 e. The van der Waals surface area contributed by atoms with Crippen LogP contribution in [-0.2, 0) is 9.59 Å². The Kier molecular flexibility index (Phi) is 4.36. The van der Waals surface area contributed by atoms with Crippen molar-refractivity contribution in [3.8, 4) is 0 Å². The zero-order valence-electron chi connectivity index (χ0n) is 14.6. The summed E-state index contributed by atoms with van der Waals surface area (Å²) < 4.78 is 0. The topological polar surface area (TPSA) is 95.3 Å². The van der Waals surface area contributed by atoms with E-state index in [1.54, 1.807) is 11.1 Å². The number of piperidine rings is 1. The predicted octanol–water partition coefficient (Wildman–Crippen LogP) is 1.75. The fourth-order valence-corrected chi connectivity index (χ4v) is 4.01.